The number of piperidine rings is 1. The number of carbonyl (C=O) groups is 2. The van der Waals surface area contributed by atoms with E-state index in [2.05, 4.69) is 22.3 Å². The van der Waals surface area contributed by atoms with Crippen molar-refractivity contribution in [2.45, 2.75) is 45.2 Å². The predicted molar refractivity (Wildman–Crippen MR) is 93.9 cm³/mol. The molecule has 138 valence electrons. The summed E-state index contributed by atoms with van der Waals surface area (Å²) in [7, 11) is 0. The van der Waals surface area contributed by atoms with Crippen LogP contribution in [0.5, 0.6) is 0 Å². The van der Waals surface area contributed by atoms with E-state index in [0.717, 1.165) is 37.8 Å². The van der Waals surface area contributed by atoms with E-state index in [1.807, 2.05) is 35.2 Å². The third-order valence-electron chi connectivity index (χ3n) is 4.53. The lowest BCUT2D eigenvalue weighted by Gasteiger charge is -2.35. The van der Waals surface area contributed by atoms with Crippen LogP contribution in [0.25, 0.3) is 11.4 Å². The van der Waals surface area contributed by atoms with Crippen LogP contribution in [-0.4, -0.2) is 56.2 Å². The zero-order chi connectivity index (χ0) is 18.4. The van der Waals surface area contributed by atoms with Crippen LogP contribution in [0.4, 0.5) is 0 Å². The van der Waals surface area contributed by atoms with Crippen LogP contribution in [0.3, 0.4) is 0 Å². The molecule has 1 aliphatic rings. The van der Waals surface area contributed by atoms with Crippen LogP contribution in [0.1, 0.15) is 32.6 Å². The number of amides is 1. The Balaban J connectivity index is 1.50. The third kappa shape index (κ3) is 4.44. The van der Waals surface area contributed by atoms with E-state index in [0.29, 0.717) is 5.82 Å². The van der Waals surface area contributed by atoms with Crippen LogP contribution in [0.15, 0.2) is 30.3 Å². The Morgan fingerprint density at radius 1 is 1.23 bits per heavy atom. The molecule has 2 heterocycles. The van der Waals surface area contributed by atoms with Crippen molar-refractivity contribution >= 4 is 11.9 Å². The average Bonchev–Trinajstić information content (AvgIpc) is 3.15. The summed E-state index contributed by atoms with van der Waals surface area (Å²) >= 11 is 0. The average molecular weight is 357 g/mol. The molecule has 1 saturated heterocycles. The number of esters is 1. The van der Waals surface area contributed by atoms with Gasteiger partial charge in [-0.15, -0.1) is 10.2 Å². The molecule has 0 bridgehead atoms. The van der Waals surface area contributed by atoms with Gasteiger partial charge in [0.05, 0.1) is 0 Å². The van der Waals surface area contributed by atoms with Crippen molar-refractivity contribution in [1.29, 1.82) is 0 Å². The maximum Gasteiger partial charge on any atom is 0.330 e. The lowest BCUT2D eigenvalue weighted by Crippen LogP contribution is -2.45. The lowest BCUT2D eigenvalue weighted by molar-refractivity contribution is -0.154. The first-order valence-corrected chi connectivity index (χ1v) is 8.95. The zero-order valence-electron chi connectivity index (χ0n) is 14.9. The van der Waals surface area contributed by atoms with Gasteiger partial charge in [0.1, 0.15) is 0 Å². The smallest absolute Gasteiger partial charge is 0.330 e. The second-order valence-electron chi connectivity index (χ2n) is 6.32. The van der Waals surface area contributed by atoms with Crippen LogP contribution in [0.2, 0.25) is 0 Å². The van der Waals surface area contributed by atoms with Gasteiger partial charge in [-0.3, -0.25) is 4.79 Å². The molecule has 0 aliphatic carbocycles. The molecule has 0 radical (unpaired) electrons. The molecule has 8 heteroatoms. The van der Waals surface area contributed by atoms with Gasteiger partial charge in [-0.25, -0.2) is 4.79 Å². The summed E-state index contributed by atoms with van der Waals surface area (Å²) in [6.07, 6.45) is 4.08. The molecular weight excluding hydrogens is 334 g/mol. The molecule has 26 heavy (non-hydrogen) atoms. The lowest BCUT2D eigenvalue weighted by atomic mass is 10.00. The number of likely N-dealkylation sites (tertiary alicyclic amines) is 1. The first-order chi connectivity index (χ1) is 12.7. The first kappa shape index (κ1) is 18.0. The summed E-state index contributed by atoms with van der Waals surface area (Å²) in [6, 6.07) is 9.62. The molecule has 1 aliphatic heterocycles. The number of ether oxygens (including phenoxy) is 1. The normalized spacial score (nSPS) is 17.1. The van der Waals surface area contributed by atoms with E-state index in [-0.39, 0.29) is 25.1 Å². The highest BCUT2D eigenvalue weighted by Gasteiger charge is 2.26. The van der Waals surface area contributed by atoms with E-state index >= 15 is 0 Å². The number of hydrogen-bond acceptors (Lipinski definition) is 6. The molecule has 1 atom stereocenters. The summed E-state index contributed by atoms with van der Waals surface area (Å²) in [5.74, 6) is -0.254. The number of aromatic nitrogens is 4. The van der Waals surface area contributed by atoms with Crippen molar-refractivity contribution in [3.05, 3.63) is 30.3 Å². The van der Waals surface area contributed by atoms with Gasteiger partial charge in [-0.05, 0) is 30.9 Å². The highest BCUT2D eigenvalue weighted by atomic mass is 16.5. The topological polar surface area (TPSA) is 90.2 Å². The van der Waals surface area contributed by atoms with E-state index in [1.165, 1.54) is 4.80 Å². The molecular formula is C18H23N5O3. The van der Waals surface area contributed by atoms with Crippen molar-refractivity contribution in [2.24, 2.45) is 0 Å². The van der Waals surface area contributed by atoms with E-state index in [9.17, 15) is 9.59 Å². The van der Waals surface area contributed by atoms with Gasteiger partial charge >= 0.3 is 5.97 Å². The number of tetrazole rings is 1. The van der Waals surface area contributed by atoms with Gasteiger partial charge in [-0.2, -0.15) is 4.80 Å². The summed E-state index contributed by atoms with van der Waals surface area (Å²) in [4.78, 5) is 27.3. The Morgan fingerprint density at radius 3 is 2.81 bits per heavy atom. The SMILES string of the molecule is CCC1CCCCN1C(=O)COC(=O)Cn1nnc(-c2ccccc2)n1. The fraction of sp³-hybridized carbons (Fsp3) is 0.500. The monoisotopic (exact) mass is 357 g/mol. The van der Waals surface area contributed by atoms with Gasteiger partial charge in [0.2, 0.25) is 5.82 Å². The minimum Gasteiger partial charge on any atom is -0.454 e. The number of carbonyl (C=O) groups excluding carboxylic acids is 2. The maximum atomic E-state index is 12.3. The highest BCUT2D eigenvalue weighted by Crippen LogP contribution is 2.19. The number of benzene rings is 1. The van der Waals surface area contributed by atoms with E-state index in [1.54, 1.807) is 0 Å². The van der Waals surface area contributed by atoms with Crippen LogP contribution in [-0.2, 0) is 20.9 Å². The molecule has 1 unspecified atom stereocenters. The maximum absolute atomic E-state index is 12.3. The van der Waals surface area contributed by atoms with Gasteiger partial charge in [0, 0.05) is 18.2 Å². The van der Waals surface area contributed by atoms with Crippen molar-refractivity contribution in [2.75, 3.05) is 13.2 Å². The number of rotatable bonds is 6. The second kappa shape index (κ2) is 8.55. The van der Waals surface area contributed by atoms with E-state index < -0.39 is 5.97 Å². The first-order valence-electron chi connectivity index (χ1n) is 8.95. The Bertz CT molecular complexity index is 746. The Hall–Kier alpha value is -2.77. The van der Waals surface area contributed by atoms with Gasteiger partial charge < -0.3 is 9.64 Å². The molecule has 1 aromatic carbocycles. The molecule has 0 saturated carbocycles. The van der Waals surface area contributed by atoms with Gasteiger partial charge in [0.25, 0.3) is 5.91 Å². The van der Waals surface area contributed by atoms with Crippen LogP contribution < -0.4 is 0 Å². The van der Waals surface area contributed by atoms with E-state index in [4.69, 9.17) is 4.74 Å². The number of nitrogens with zero attached hydrogens (tertiary/aromatic N) is 5. The summed E-state index contributed by atoms with van der Waals surface area (Å²) in [5, 5.41) is 11.9. The molecule has 1 aromatic heterocycles. The fourth-order valence-electron chi connectivity index (χ4n) is 3.15. The molecule has 1 fully saturated rings. The summed E-state index contributed by atoms with van der Waals surface area (Å²) in [5.41, 5.74) is 0.818. The zero-order valence-corrected chi connectivity index (χ0v) is 14.9. The molecule has 1 amide bonds. The van der Waals surface area contributed by atoms with Crippen LogP contribution >= 0.6 is 0 Å². The third-order valence-corrected chi connectivity index (χ3v) is 4.53. The molecule has 0 N–H and O–H groups in total. The van der Waals surface area contributed by atoms with Crippen molar-refractivity contribution in [3.8, 4) is 11.4 Å². The van der Waals surface area contributed by atoms with Gasteiger partial charge in [0.15, 0.2) is 13.2 Å². The highest BCUT2D eigenvalue weighted by molar-refractivity contribution is 5.80. The molecule has 3 rings (SSSR count). The molecule has 8 nitrogen and oxygen atoms in total. The van der Waals surface area contributed by atoms with Crippen molar-refractivity contribution in [3.63, 3.8) is 0 Å². The Morgan fingerprint density at radius 2 is 2.04 bits per heavy atom. The quantitative estimate of drug-likeness (QED) is 0.731. The Labute approximate surface area is 152 Å². The standard InChI is InChI=1S/C18H23N5O3/c1-2-15-10-6-7-11-22(15)16(24)13-26-17(25)12-23-20-18(19-21-23)14-8-4-3-5-9-14/h3-5,8-9,15H,2,6-7,10-13H2,1H3. The second-order valence-corrected chi connectivity index (χ2v) is 6.32. The van der Waals surface area contributed by atoms with Gasteiger partial charge in [-0.1, -0.05) is 37.3 Å². The minimum atomic E-state index is -0.555. The minimum absolute atomic E-state index is 0.138. The largest absolute Gasteiger partial charge is 0.454 e. The van der Waals surface area contributed by atoms with Crippen molar-refractivity contribution < 1.29 is 14.3 Å². The molecule has 0 spiro atoms. The fourth-order valence-corrected chi connectivity index (χ4v) is 3.15. The summed E-state index contributed by atoms with van der Waals surface area (Å²) < 4.78 is 5.11. The summed E-state index contributed by atoms with van der Waals surface area (Å²) in [6.45, 7) is 2.39. The van der Waals surface area contributed by atoms with Crippen LogP contribution in [0, 0.1) is 0 Å². The molecule has 2 aromatic rings. The van der Waals surface area contributed by atoms with Crippen molar-refractivity contribution in [1.82, 2.24) is 25.1 Å². The number of hydrogen-bond donors (Lipinski definition) is 0. The Kier molecular flexibility index (Phi) is 5.93. The predicted octanol–water partition coefficient (Wildman–Crippen LogP) is 1.67.